The predicted molar refractivity (Wildman–Crippen MR) is 83.8 cm³/mol. The smallest absolute Gasteiger partial charge is 0.00598 e. The van der Waals surface area contributed by atoms with E-state index in [1.165, 1.54) is 51.4 Å². The Labute approximate surface area is 117 Å². The van der Waals surface area contributed by atoms with Gasteiger partial charge in [0.25, 0.3) is 0 Å². The Kier molecular flexibility index (Phi) is 14.0. The lowest BCUT2D eigenvalue weighted by Gasteiger charge is -2.10. The molecule has 0 unspecified atom stereocenters. The largest absolute Gasteiger partial charge is 0.0925 e. The molecule has 0 amide bonds. The van der Waals surface area contributed by atoms with E-state index in [2.05, 4.69) is 54.1 Å². The van der Waals surface area contributed by atoms with Gasteiger partial charge in [-0.25, -0.2) is 0 Å². The van der Waals surface area contributed by atoms with Crippen LogP contribution in [0.4, 0.5) is 0 Å². The van der Waals surface area contributed by atoms with Gasteiger partial charge >= 0.3 is 0 Å². The zero-order valence-corrected chi connectivity index (χ0v) is 13.2. The van der Waals surface area contributed by atoms with E-state index in [0.29, 0.717) is 0 Å². The zero-order chi connectivity index (χ0) is 12.8. The van der Waals surface area contributed by atoms with Crippen molar-refractivity contribution in [1.82, 2.24) is 0 Å². The highest BCUT2D eigenvalue weighted by Crippen LogP contribution is 2.17. The summed E-state index contributed by atoms with van der Waals surface area (Å²) in [5.41, 5.74) is 0. The fraction of sp³-hybridized carbons (Fsp3) is 0.750. The summed E-state index contributed by atoms with van der Waals surface area (Å²) in [5.74, 6) is 0.840. The molecule has 0 bridgehead atoms. The molecule has 100 valence electrons. The molecule has 0 radical (unpaired) electrons. The third kappa shape index (κ3) is 12.2. The van der Waals surface area contributed by atoms with Gasteiger partial charge in [0.05, 0.1) is 0 Å². The lowest BCUT2D eigenvalue weighted by molar-refractivity contribution is 0.512. The number of allylic oxidation sites excluding steroid dienone is 4. The molecule has 0 aliphatic rings. The van der Waals surface area contributed by atoms with Gasteiger partial charge in [0.1, 0.15) is 0 Å². The summed E-state index contributed by atoms with van der Waals surface area (Å²) in [7, 11) is 0. The summed E-state index contributed by atoms with van der Waals surface area (Å²) in [5, 5.41) is 1.15. The summed E-state index contributed by atoms with van der Waals surface area (Å²) in [6.45, 7) is 4.46. The molecule has 0 spiro atoms. The molecule has 0 aromatic carbocycles. The molecule has 0 heterocycles. The van der Waals surface area contributed by atoms with Crippen LogP contribution in [0.1, 0.15) is 65.2 Å². The van der Waals surface area contributed by atoms with Crippen LogP contribution in [0.25, 0.3) is 0 Å². The van der Waals surface area contributed by atoms with E-state index in [4.69, 9.17) is 0 Å². The minimum absolute atomic E-state index is 0.840. The highest BCUT2D eigenvalue weighted by molar-refractivity contribution is 9.09. The van der Waals surface area contributed by atoms with Gasteiger partial charge in [0.2, 0.25) is 0 Å². The van der Waals surface area contributed by atoms with Crippen LogP contribution >= 0.6 is 15.9 Å². The van der Waals surface area contributed by atoms with Crippen LogP contribution in [0.5, 0.6) is 0 Å². The number of hydrogen-bond donors (Lipinski definition) is 0. The first-order valence-electron chi connectivity index (χ1n) is 7.21. The quantitative estimate of drug-likeness (QED) is 0.311. The summed E-state index contributed by atoms with van der Waals surface area (Å²) in [6, 6.07) is 0. The van der Waals surface area contributed by atoms with Crippen LogP contribution in [-0.4, -0.2) is 5.33 Å². The van der Waals surface area contributed by atoms with Crippen molar-refractivity contribution in [3.05, 3.63) is 24.3 Å². The monoisotopic (exact) mass is 300 g/mol. The highest BCUT2D eigenvalue weighted by atomic mass is 79.9. The number of unbranched alkanes of at least 4 members (excludes halogenated alkanes) is 2. The average molecular weight is 301 g/mol. The summed E-state index contributed by atoms with van der Waals surface area (Å²) in [4.78, 5) is 0. The molecule has 0 fully saturated rings. The number of alkyl halides is 1. The maximum atomic E-state index is 3.63. The van der Waals surface area contributed by atoms with Gasteiger partial charge < -0.3 is 0 Å². The third-order valence-electron chi connectivity index (χ3n) is 2.95. The normalized spacial score (nSPS) is 12.2. The SMILES string of the molecule is CCC/C=C\CCC(CBr)CC/C=C\CCC. The Morgan fingerprint density at radius 2 is 1.18 bits per heavy atom. The van der Waals surface area contributed by atoms with Gasteiger partial charge in [-0.05, 0) is 44.4 Å². The molecule has 1 heteroatoms. The van der Waals surface area contributed by atoms with Crippen LogP contribution in [0.2, 0.25) is 0 Å². The third-order valence-corrected chi connectivity index (χ3v) is 3.86. The van der Waals surface area contributed by atoms with Crippen molar-refractivity contribution in [3.8, 4) is 0 Å². The summed E-state index contributed by atoms with van der Waals surface area (Å²) >= 11 is 3.63. The van der Waals surface area contributed by atoms with E-state index >= 15 is 0 Å². The Morgan fingerprint density at radius 3 is 1.53 bits per heavy atom. The maximum absolute atomic E-state index is 3.63. The van der Waals surface area contributed by atoms with E-state index in [0.717, 1.165) is 11.2 Å². The van der Waals surface area contributed by atoms with Crippen molar-refractivity contribution in [2.75, 3.05) is 5.33 Å². The molecule has 0 nitrogen and oxygen atoms in total. The van der Waals surface area contributed by atoms with Crippen molar-refractivity contribution in [1.29, 1.82) is 0 Å². The van der Waals surface area contributed by atoms with E-state index in [1.54, 1.807) is 0 Å². The van der Waals surface area contributed by atoms with E-state index < -0.39 is 0 Å². The van der Waals surface area contributed by atoms with Gasteiger partial charge in [-0.15, -0.1) is 0 Å². The number of rotatable bonds is 11. The first-order valence-corrected chi connectivity index (χ1v) is 8.33. The van der Waals surface area contributed by atoms with Crippen LogP contribution in [0.15, 0.2) is 24.3 Å². The first kappa shape index (κ1) is 17.0. The minimum Gasteiger partial charge on any atom is -0.0925 e. The molecular formula is C16H29Br. The molecule has 0 aliphatic carbocycles. The molecule has 0 aromatic rings. The molecular weight excluding hydrogens is 272 g/mol. The molecule has 0 N–H and O–H groups in total. The molecule has 0 rings (SSSR count). The number of hydrogen-bond acceptors (Lipinski definition) is 0. The van der Waals surface area contributed by atoms with Crippen LogP contribution in [-0.2, 0) is 0 Å². The summed E-state index contributed by atoms with van der Waals surface area (Å²) < 4.78 is 0. The van der Waals surface area contributed by atoms with E-state index in [9.17, 15) is 0 Å². The highest BCUT2D eigenvalue weighted by Gasteiger charge is 2.04. The Balaban J connectivity index is 3.55. The Hall–Kier alpha value is -0.0400. The number of halogens is 1. The minimum atomic E-state index is 0.840. The zero-order valence-electron chi connectivity index (χ0n) is 11.6. The van der Waals surface area contributed by atoms with Gasteiger partial charge in [0, 0.05) is 5.33 Å². The molecule has 17 heavy (non-hydrogen) atoms. The van der Waals surface area contributed by atoms with Crippen molar-refractivity contribution in [2.45, 2.75) is 65.2 Å². The predicted octanol–water partition coefficient (Wildman–Crippen LogP) is 6.27. The van der Waals surface area contributed by atoms with Crippen molar-refractivity contribution in [3.63, 3.8) is 0 Å². The van der Waals surface area contributed by atoms with Gasteiger partial charge in [0.15, 0.2) is 0 Å². The Morgan fingerprint density at radius 1 is 0.765 bits per heavy atom. The second kappa shape index (κ2) is 14.0. The van der Waals surface area contributed by atoms with Crippen molar-refractivity contribution in [2.24, 2.45) is 5.92 Å². The van der Waals surface area contributed by atoms with Crippen molar-refractivity contribution < 1.29 is 0 Å². The second-order valence-corrected chi connectivity index (χ2v) is 5.34. The van der Waals surface area contributed by atoms with Gasteiger partial charge in [-0.2, -0.15) is 0 Å². The first-order chi connectivity index (χ1) is 8.35. The van der Waals surface area contributed by atoms with Gasteiger partial charge in [-0.1, -0.05) is 66.9 Å². The lowest BCUT2D eigenvalue weighted by Crippen LogP contribution is -2.00. The van der Waals surface area contributed by atoms with Gasteiger partial charge in [-0.3, -0.25) is 0 Å². The van der Waals surface area contributed by atoms with Crippen LogP contribution < -0.4 is 0 Å². The van der Waals surface area contributed by atoms with E-state index in [-0.39, 0.29) is 0 Å². The fourth-order valence-corrected chi connectivity index (χ4v) is 2.41. The fourth-order valence-electron chi connectivity index (χ4n) is 1.77. The van der Waals surface area contributed by atoms with E-state index in [1.807, 2.05) is 0 Å². The van der Waals surface area contributed by atoms with Crippen LogP contribution in [0, 0.1) is 5.92 Å². The molecule has 0 aliphatic heterocycles. The molecule has 0 aromatic heterocycles. The standard InChI is InChI=1S/C16H29Br/c1-3-5-7-9-11-13-16(15-17)14-12-10-8-6-4-2/h7-10,16H,3-6,11-15H2,1-2H3/b9-7-,10-8-. The molecule has 0 saturated carbocycles. The topological polar surface area (TPSA) is 0 Å². The van der Waals surface area contributed by atoms with Crippen LogP contribution in [0.3, 0.4) is 0 Å². The van der Waals surface area contributed by atoms with Crippen molar-refractivity contribution >= 4 is 15.9 Å². The maximum Gasteiger partial charge on any atom is 0.00598 e. The lowest BCUT2D eigenvalue weighted by atomic mass is 9.99. The molecule has 0 atom stereocenters. The molecule has 0 saturated heterocycles. The second-order valence-electron chi connectivity index (χ2n) is 4.70. The average Bonchev–Trinajstić information content (AvgIpc) is 2.36. The summed E-state index contributed by atoms with van der Waals surface area (Å²) in [6.07, 6.45) is 19.5. The Bertz CT molecular complexity index is 174.